The predicted octanol–water partition coefficient (Wildman–Crippen LogP) is 5.74. The summed E-state index contributed by atoms with van der Waals surface area (Å²) in [5, 5.41) is 2.96. The Morgan fingerprint density at radius 2 is 1.52 bits per heavy atom. The van der Waals surface area contributed by atoms with E-state index in [1.807, 2.05) is 12.1 Å². The van der Waals surface area contributed by atoms with Gasteiger partial charge in [-0.15, -0.1) is 27.7 Å². The van der Waals surface area contributed by atoms with Crippen LogP contribution in [0.1, 0.15) is 16.7 Å². The molecule has 3 aromatic carbocycles. The molecule has 0 aliphatic carbocycles. The standard InChI is InChI=1S/C22H21O2P3/c23-21-19-7-14(11-26)6-18(12-27)22(19)24-9-20(21)17-4-3-15-5-13(10-25)1-2-16(15)8-17/h1-9H,10-12,25-27H2. The fourth-order valence-corrected chi connectivity index (χ4v) is 4.23. The lowest BCUT2D eigenvalue weighted by atomic mass is 9.99. The summed E-state index contributed by atoms with van der Waals surface area (Å²) in [6.45, 7) is 0. The lowest BCUT2D eigenvalue weighted by molar-refractivity contribution is 0.601. The SMILES string of the molecule is O=c1c(-c2ccc3cc(CP)ccc3c2)coc2c(CP)cc(CP)cc12. The van der Waals surface area contributed by atoms with Crippen molar-refractivity contribution in [3.05, 3.63) is 81.7 Å². The maximum absolute atomic E-state index is 13.2. The molecule has 0 saturated carbocycles. The quantitative estimate of drug-likeness (QED) is 0.402. The molecule has 0 radical (unpaired) electrons. The second-order valence-corrected chi connectivity index (χ2v) is 7.84. The van der Waals surface area contributed by atoms with Crippen molar-refractivity contribution in [2.75, 3.05) is 0 Å². The minimum Gasteiger partial charge on any atom is -0.463 e. The van der Waals surface area contributed by atoms with Crippen LogP contribution in [0.3, 0.4) is 0 Å². The van der Waals surface area contributed by atoms with Crippen LogP contribution in [0.25, 0.3) is 32.9 Å². The number of benzene rings is 3. The van der Waals surface area contributed by atoms with Gasteiger partial charge in [-0.3, -0.25) is 4.79 Å². The predicted molar refractivity (Wildman–Crippen MR) is 126 cm³/mol. The van der Waals surface area contributed by atoms with Crippen molar-refractivity contribution in [1.29, 1.82) is 0 Å². The van der Waals surface area contributed by atoms with Crippen LogP contribution in [0.5, 0.6) is 0 Å². The van der Waals surface area contributed by atoms with Crippen LogP contribution in [-0.2, 0) is 18.5 Å². The van der Waals surface area contributed by atoms with Crippen molar-refractivity contribution in [3.63, 3.8) is 0 Å². The van der Waals surface area contributed by atoms with Gasteiger partial charge < -0.3 is 4.42 Å². The van der Waals surface area contributed by atoms with Gasteiger partial charge >= 0.3 is 0 Å². The first-order valence-electron chi connectivity index (χ1n) is 8.85. The van der Waals surface area contributed by atoms with Crippen molar-refractivity contribution >= 4 is 49.5 Å². The molecule has 0 bridgehead atoms. The van der Waals surface area contributed by atoms with Crippen molar-refractivity contribution < 1.29 is 4.42 Å². The van der Waals surface area contributed by atoms with Crippen molar-refractivity contribution in [1.82, 2.24) is 0 Å². The largest absolute Gasteiger partial charge is 0.463 e. The Bertz CT molecular complexity index is 1210. The zero-order chi connectivity index (χ0) is 19.0. The third-order valence-electron chi connectivity index (χ3n) is 4.92. The van der Waals surface area contributed by atoms with Crippen LogP contribution >= 0.6 is 27.7 Å². The number of rotatable bonds is 4. The van der Waals surface area contributed by atoms with E-state index in [9.17, 15) is 4.79 Å². The van der Waals surface area contributed by atoms with E-state index in [0.717, 1.165) is 40.6 Å². The van der Waals surface area contributed by atoms with Gasteiger partial charge in [-0.1, -0.05) is 36.4 Å². The first kappa shape index (κ1) is 18.8. The summed E-state index contributed by atoms with van der Waals surface area (Å²) in [6, 6.07) is 16.6. The molecule has 3 atom stereocenters. The molecule has 0 aliphatic rings. The average Bonchev–Trinajstić information content (AvgIpc) is 2.72. The molecular formula is C22H21O2P3. The molecule has 0 aliphatic heterocycles. The molecule has 2 nitrogen and oxygen atoms in total. The van der Waals surface area contributed by atoms with Crippen LogP contribution < -0.4 is 5.43 Å². The van der Waals surface area contributed by atoms with E-state index in [4.69, 9.17) is 4.42 Å². The van der Waals surface area contributed by atoms with Gasteiger partial charge in [0.2, 0.25) is 5.43 Å². The minimum absolute atomic E-state index is 0.0252. The third-order valence-corrected chi connectivity index (χ3v) is 6.30. The summed E-state index contributed by atoms with van der Waals surface area (Å²) < 4.78 is 5.93. The number of hydrogen-bond acceptors (Lipinski definition) is 2. The molecule has 0 spiro atoms. The van der Waals surface area contributed by atoms with Gasteiger partial charge in [-0.05, 0) is 63.6 Å². The smallest absolute Gasteiger partial charge is 0.200 e. The molecule has 27 heavy (non-hydrogen) atoms. The van der Waals surface area contributed by atoms with Gasteiger partial charge in [-0.25, -0.2) is 0 Å². The normalized spacial score (nSPS) is 11.4. The van der Waals surface area contributed by atoms with Crippen LogP contribution in [0, 0.1) is 0 Å². The topological polar surface area (TPSA) is 30.2 Å². The summed E-state index contributed by atoms with van der Waals surface area (Å²) in [5.74, 6) is 0. The number of hydrogen-bond donors (Lipinski definition) is 0. The van der Waals surface area contributed by atoms with Crippen molar-refractivity contribution in [3.8, 4) is 11.1 Å². The molecular weight excluding hydrogens is 389 g/mol. The summed E-state index contributed by atoms with van der Waals surface area (Å²) in [4.78, 5) is 13.2. The van der Waals surface area contributed by atoms with Gasteiger partial charge in [0.1, 0.15) is 11.8 Å². The van der Waals surface area contributed by atoms with E-state index >= 15 is 0 Å². The highest BCUT2D eigenvalue weighted by Crippen LogP contribution is 2.28. The Hall–Kier alpha value is -1.58. The second-order valence-electron chi connectivity index (χ2n) is 6.62. The van der Waals surface area contributed by atoms with Gasteiger partial charge in [0.05, 0.1) is 10.9 Å². The Kier molecular flexibility index (Phi) is 5.43. The van der Waals surface area contributed by atoms with Crippen LogP contribution in [0.15, 0.2) is 64.0 Å². The maximum atomic E-state index is 13.2. The second kappa shape index (κ2) is 7.81. The lowest BCUT2D eigenvalue weighted by Gasteiger charge is -2.09. The molecule has 4 rings (SSSR count). The van der Waals surface area contributed by atoms with Crippen LogP contribution in [0.2, 0.25) is 0 Å². The zero-order valence-corrected chi connectivity index (χ0v) is 18.3. The van der Waals surface area contributed by atoms with Crippen molar-refractivity contribution in [2.45, 2.75) is 18.5 Å². The number of fused-ring (bicyclic) bond motifs is 2. The molecule has 136 valence electrons. The van der Waals surface area contributed by atoms with Gasteiger partial charge in [0.25, 0.3) is 0 Å². The van der Waals surface area contributed by atoms with Crippen LogP contribution in [-0.4, -0.2) is 0 Å². The van der Waals surface area contributed by atoms with Gasteiger partial charge in [0.15, 0.2) is 0 Å². The minimum atomic E-state index is 0.0252. The Labute approximate surface area is 165 Å². The Morgan fingerprint density at radius 1 is 0.778 bits per heavy atom. The monoisotopic (exact) mass is 410 g/mol. The molecule has 1 heterocycles. The molecule has 5 heteroatoms. The highest BCUT2D eigenvalue weighted by molar-refractivity contribution is 7.15. The molecule has 3 unspecified atom stereocenters. The molecule has 4 aromatic rings. The molecule has 0 amide bonds. The highest BCUT2D eigenvalue weighted by Gasteiger charge is 2.13. The molecule has 1 aromatic heterocycles. The van der Waals surface area contributed by atoms with E-state index in [1.165, 1.54) is 10.9 Å². The third kappa shape index (κ3) is 3.48. The first-order valence-corrected chi connectivity index (χ1v) is 11.3. The van der Waals surface area contributed by atoms with E-state index in [-0.39, 0.29) is 5.43 Å². The van der Waals surface area contributed by atoms with E-state index in [1.54, 1.807) is 6.26 Å². The average molecular weight is 410 g/mol. The zero-order valence-electron chi connectivity index (χ0n) is 14.9. The molecule has 0 fully saturated rings. The van der Waals surface area contributed by atoms with Crippen molar-refractivity contribution in [2.24, 2.45) is 0 Å². The Morgan fingerprint density at radius 3 is 2.26 bits per heavy atom. The maximum Gasteiger partial charge on any atom is 0.200 e. The molecule has 0 N–H and O–H groups in total. The summed E-state index contributed by atoms with van der Waals surface area (Å²) in [7, 11) is 8.18. The summed E-state index contributed by atoms with van der Waals surface area (Å²) in [5.41, 5.74) is 5.65. The van der Waals surface area contributed by atoms with E-state index in [2.05, 4.69) is 64.1 Å². The van der Waals surface area contributed by atoms with Gasteiger partial charge in [0, 0.05) is 0 Å². The molecule has 0 saturated heterocycles. The lowest BCUT2D eigenvalue weighted by Crippen LogP contribution is -2.06. The summed E-state index contributed by atoms with van der Waals surface area (Å²) >= 11 is 0. The highest BCUT2D eigenvalue weighted by atomic mass is 31.0. The van der Waals surface area contributed by atoms with Crippen LogP contribution in [0.4, 0.5) is 0 Å². The fraction of sp³-hybridized carbons (Fsp3) is 0.136. The van der Waals surface area contributed by atoms with Gasteiger partial charge in [-0.2, -0.15) is 0 Å². The van der Waals surface area contributed by atoms with E-state index in [0.29, 0.717) is 16.5 Å². The summed E-state index contributed by atoms with van der Waals surface area (Å²) in [6.07, 6.45) is 4.10. The fourth-order valence-electron chi connectivity index (χ4n) is 3.44. The first-order chi connectivity index (χ1) is 13.1. The van der Waals surface area contributed by atoms with E-state index < -0.39 is 0 Å². The Balaban J connectivity index is 1.92.